The van der Waals surface area contributed by atoms with Gasteiger partial charge >= 0.3 is 5.69 Å². The molecule has 0 saturated carbocycles. The fourth-order valence-electron chi connectivity index (χ4n) is 2.35. The van der Waals surface area contributed by atoms with Gasteiger partial charge in [-0.2, -0.15) is 0 Å². The van der Waals surface area contributed by atoms with Crippen LogP contribution in [0.2, 0.25) is 0 Å². The fraction of sp³-hybridized carbons (Fsp3) is 0.235. The van der Waals surface area contributed by atoms with Crippen molar-refractivity contribution < 1.29 is 22.9 Å². The van der Waals surface area contributed by atoms with Crippen LogP contribution in [0.25, 0.3) is 0 Å². The maximum atomic E-state index is 12.4. The molecular formula is C17H19N3O6S. The lowest BCUT2D eigenvalue weighted by molar-refractivity contribution is -0.385. The number of rotatable bonds is 7. The second-order valence-corrected chi connectivity index (χ2v) is 7.84. The van der Waals surface area contributed by atoms with E-state index in [1.165, 1.54) is 39.4 Å². The lowest BCUT2D eigenvalue weighted by Gasteiger charge is -2.15. The Kier molecular flexibility index (Phi) is 6.13. The molecule has 27 heavy (non-hydrogen) atoms. The van der Waals surface area contributed by atoms with Gasteiger partial charge in [0.05, 0.1) is 16.9 Å². The van der Waals surface area contributed by atoms with E-state index in [-0.39, 0.29) is 28.4 Å². The number of benzene rings is 2. The van der Waals surface area contributed by atoms with Gasteiger partial charge in [0.25, 0.3) is 5.91 Å². The Morgan fingerprint density at radius 3 is 2.48 bits per heavy atom. The van der Waals surface area contributed by atoms with Crippen molar-refractivity contribution >= 4 is 21.6 Å². The summed E-state index contributed by atoms with van der Waals surface area (Å²) in [4.78, 5) is 22.9. The lowest BCUT2D eigenvalue weighted by Crippen LogP contribution is -2.27. The van der Waals surface area contributed by atoms with E-state index in [1.807, 2.05) is 0 Å². The third kappa shape index (κ3) is 4.41. The van der Waals surface area contributed by atoms with Crippen LogP contribution in [0, 0.1) is 10.1 Å². The van der Waals surface area contributed by atoms with Gasteiger partial charge in [0, 0.05) is 32.3 Å². The van der Waals surface area contributed by atoms with Gasteiger partial charge in [-0.3, -0.25) is 14.9 Å². The average Bonchev–Trinajstić information content (AvgIpc) is 2.65. The Morgan fingerprint density at radius 2 is 1.89 bits per heavy atom. The van der Waals surface area contributed by atoms with Gasteiger partial charge in [-0.1, -0.05) is 18.2 Å². The normalized spacial score (nSPS) is 11.3. The average molecular weight is 393 g/mol. The predicted molar refractivity (Wildman–Crippen MR) is 98.1 cm³/mol. The Bertz CT molecular complexity index is 972. The Hall–Kier alpha value is -2.98. The molecule has 0 aliphatic carbocycles. The molecule has 0 unspecified atom stereocenters. The van der Waals surface area contributed by atoms with E-state index in [0.29, 0.717) is 5.56 Å². The first-order chi connectivity index (χ1) is 12.7. The van der Waals surface area contributed by atoms with E-state index in [9.17, 15) is 23.3 Å². The smallest absolute Gasteiger partial charge is 0.311 e. The zero-order chi connectivity index (χ0) is 20.2. The molecule has 2 aromatic carbocycles. The molecule has 1 N–H and O–H groups in total. The number of nitro benzene ring substituents is 1. The molecule has 2 aromatic rings. The van der Waals surface area contributed by atoms with E-state index in [0.717, 1.165) is 10.4 Å². The van der Waals surface area contributed by atoms with Gasteiger partial charge in [0.2, 0.25) is 10.0 Å². The summed E-state index contributed by atoms with van der Waals surface area (Å²) in [6.07, 6.45) is 0. The predicted octanol–water partition coefficient (Wildman–Crippen LogP) is 1.78. The largest absolute Gasteiger partial charge is 0.490 e. The van der Waals surface area contributed by atoms with Crippen molar-refractivity contribution in [2.24, 2.45) is 0 Å². The third-order valence-electron chi connectivity index (χ3n) is 3.81. The molecule has 10 heteroatoms. The van der Waals surface area contributed by atoms with Crippen molar-refractivity contribution in [3.63, 3.8) is 0 Å². The third-order valence-corrected chi connectivity index (χ3v) is 5.72. The minimum atomic E-state index is -3.67. The van der Waals surface area contributed by atoms with Crippen LogP contribution in [0.4, 0.5) is 5.69 Å². The molecule has 0 spiro atoms. The van der Waals surface area contributed by atoms with Crippen LogP contribution < -0.4 is 10.1 Å². The number of nitro groups is 1. The summed E-state index contributed by atoms with van der Waals surface area (Å²) in [6.45, 7) is -0.0537. The summed E-state index contributed by atoms with van der Waals surface area (Å²) < 4.78 is 30.7. The molecule has 144 valence electrons. The van der Waals surface area contributed by atoms with E-state index < -0.39 is 20.9 Å². The number of nitrogens with one attached hydrogen (secondary N) is 1. The highest BCUT2D eigenvalue weighted by atomic mass is 32.2. The van der Waals surface area contributed by atoms with E-state index in [2.05, 4.69) is 5.32 Å². The number of carbonyl (C=O) groups is 1. The van der Waals surface area contributed by atoms with Gasteiger partial charge in [0.15, 0.2) is 5.75 Å². The number of amides is 1. The maximum Gasteiger partial charge on any atom is 0.311 e. The molecule has 0 aliphatic heterocycles. The van der Waals surface area contributed by atoms with E-state index in [4.69, 9.17) is 4.74 Å². The zero-order valence-electron chi connectivity index (χ0n) is 15.0. The van der Waals surface area contributed by atoms with Crippen LogP contribution in [0.5, 0.6) is 5.75 Å². The molecule has 9 nitrogen and oxygen atoms in total. The van der Waals surface area contributed by atoms with Crippen molar-refractivity contribution in [3.05, 3.63) is 63.7 Å². The molecule has 0 fully saturated rings. The Morgan fingerprint density at radius 1 is 1.22 bits per heavy atom. The molecule has 0 aliphatic rings. The van der Waals surface area contributed by atoms with Crippen LogP contribution in [0.15, 0.2) is 47.4 Å². The SMILES string of the molecule is COc1ccc(C(=O)NCc2ccccc2S(=O)(=O)N(C)C)cc1[N+](=O)[O-]. The molecule has 0 heterocycles. The molecule has 1 amide bonds. The number of hydrogen-bond donors (Lipinski definition) is 1. The summed E-state index contributed by atoms with van der Waals surface area (Å²) in [5, 5.41) is 13.7. The standard InChI is InChI=1S/C17H19N3O6S/c1-19(2)27(24,25)16-7-5-4-6-13(16)11-18-17(21)12-8-9-15(26-3)14(10-12)20(22)23/h4-10H,11H2,1-3H3,(H,18,21). The Balaban J connectivity index is 2.25. The first-order valence-electron chi connectivity index (χ1n) is 7.79. The minimum absolute atomic E-state index is 0.0407. The number of methoxy groups -OCH3 is 1. The van der Waals surface area contributed by atoms with Crippen molar-refractivity contribution in [2.75, 3.05) is 21.2 Å². The summed E-state index contributed by atoms with van der Waals surface area (Å²) in [6, 6.07) is 10.1. The number of carbonyl (C=O) groups excluding carboxylic acids is 1. The second-order valence-electron chi connectivity index (χ2n) is 5.72. The topological polar surface area (TPSA) is 119 Å². The lowest BCUT2D eigenvalue weighted by atomic mass is 10.1. The number of ether oxygens (including phenoxy) is 1. The van der Waals surface area contributed by atoms with Crippen molar-refractivity contribution in [1.82, 2.24) is 9.62 Å². The van der Waals surface area contributed by atoms with Crippen LogP contribution in [0.3, 0.4) is 0 Å². The highest BCUT2D eigenvalue weighted by Crippen LogP contribution is 2.27. The van der Waals surface area contributed by atoms with Crippen molar-refractivity contribution in [1.29, 1.82) is 0 Å². The van der Waals surface area contributed by atoms with Crippen LogP contribution in [-0.4, -0.2) is 44.8 Å². The van der Waals surface area contributed by atoms with E-state index in [1.54, 1.807) is 18.2 Å². The molecule has 0 atom stereocenters. The number of nitrogens with zero attached hydrogens (tertiary/aromatic N) is 2. The summed E-state index contributed by atoms with van der Waals surface area (Å²) in [5.74, 6) is -0.531. The first-order valence-corrected chi connectivity index (χ1v) is 9.23. The number of hydrogen-bond acceptors (Lipinski definition) is 6. The molecule has 0 aromatic heterocycles. The van der Waals surface area contributed by atoms with Crippen LogP contribution in [-0.2, 0) is 16.6 Å². The van der Waals surface area contributed by atoms with E-state index >= 15 is 0 Å². The Labute approximate surface area is 156 Å². The van der Waals surface area contributed by atoms with Crippen LogP contribution in [0.1, 0.15) is 15.9 Å². The van der Waals surface area contributed by atoms with Gasteiger partial charge < -0.3 is 10.1 Å². The summed E-state index contributed by atoms with van der Waals surface area (Å²) in [5.41, 5.74) is 0.138. The maximum absolute atomic E-state index is 12.4. The van der Waals surface area contributed by atoms with Gasteiger partial charge in [-0.15, -0.1) is 0 Å². The van der Waals surface area contributed by atoms with Gasteiger partial charge in [-0.05, 0) is 23.8 Å². The highest BCUT2D eigenvalue weighted by molar-refractivity contribution is 7.89. The van der Waals surface area contributed by atoms with Gasteiger partial charge in [0.1, 0.15) is 0 Å². The first kappa shape index (κ1) is 20.3. The van der Waals surface area contributed by atoms with Crippen LogP contribution >= 0.6 is 0 Å². The zero-order valence-corrected chi connectivity index (χ0v) is 15.8. The molecule has 0 radical (unpaired) electrons. The monoisotopic (exact) mass is 393 g/mol. The molecular weight excluding hydrogens is 374 g/mol. The summed E-state index contributed by atoms with van der Waals surface area (Å²) >= 11 is 0. The molecule has 0 bridgehead atoms. The molecule has 0 saturated heterocycles. The van der Waals surface area contributed by atoms with Crippen molar-refractivity contribution in [3.8, 4) is 5.75 Å². The minimum Gasteiger partial charge on any atom is -0.490 e. The van der Waals surface area contributed by atoms with Crippen molar-refractivity contribution in [2.45, 2.75) is 11.4 Å². The fourth-order valence-corrected chi connectivity index (χ4v) is 3.47. The summed E-state index contributed by atoms with van der Waals surface area (Å²) in [7, 11) is 0.461. The van der Waals surface area contributed by atoms with Gasteiger partial charge in [-0.25, -0.2) is 12.7 Å². The second kappa shape index (κ2) is 8.14. The quantitative estimate of drug-likeness (QED) is 0.566. The highest BCUT2D eigenvalue weighted by Gasteiger charge is 2.22. The number of sulfonamides is 1. The molecule has 2 rings (SSSR count).